The van der Waals surface area contributed by atoms with Crippen molar-refractivity contribution in [2.75, 3.05) is 57.5 Å². The second-order valence-corrected chi connectivity index (χ2v) is 5.49. The quantitative estimate of drug-likeness (QED) is 0.804. The van der Waals surface area contributed by atoms with Crippen LogP contribution in [0, 0.1) is 0 Å². The Morgan fingerprint density at radius 3 is 2.14 bits per heavy atom. The molecule has 0 spiro atoms. The first-order chi connectivity index (χ1) is 9.97. The molecule has 0 aliphatic carbocycles. The van der Waals surface area contributed by atoms with Crippen molar-refractivity contribution in [3.8, 4) is 0 Å². The Labute approximate surface area is 125 Å². The van der Waals surface area contributed by atoms with E-state index in [0.29, 0.717) is 18.8 Å². The van der Waals surface area contributed by atoms with Crippen molar-refractivity contribution in [2.24, 2.45) is 0 Å². The average Bonchev–Trinajstić information content (AvgIpc) is 2.47. The van der Waals surface area contributed by atoms with Crippen LogP contribution in [-0.2, 0) is 9.59 Å². The molecule has 0 unspecified atom stereocenters. The van der Waals surface area contributed by atoms with Gasteiger partial charge in [0.15, 0.2) is 0 Å². The van der Waals surface area contributed by atoms with Crippen molar-refractivity contribution in [1.82, 2.24) is 9.80 Å². The molecule has 21 heavy (non-hydrogen) atoms. The van der Waals surface area contributed by atoms with E-state index in [1.54, 1.807) is 17.0 Å². The number of likely N-dealkylation sites (N-methyl/N-ethyl adjacent to an activating group) is 1. The summed E-state index contributed by atoms with van der Waals surface area (Å²) >= 11 is 0. The largest absolute Gasteiger partial charge is 0.378 e. The molecular formula is C15H22N4O2. The maximum atomic E-state index is 12.1. The number of nitrogens with zero attached hydrogens (tertiary/aromatic N) is 3. The standard InChI is InChI=1S/C15H22N4O2/c1-17(2)13-6-4-12(5-7-13)16-14(20)15(21)19-10-8-18(3)9-11-19/h4-7H,8-11H2,1-3H3,(H,16,20). The molecule has 114 valence electrons. The Balaban J connectivity index is 1.92. The van der Waals surface area contributed by atoms with Crippen molar-refractivity contribution in [3.63, 3.8) is 0 Å². The Kier molecular flexibility index (Phi) is 4.80. The maximum Gasteiger partial charge on any atom is 0.313 e. The van der Waals surface area contributed by atoms with Gasteiger partial charge in [-0.2, -0.15) is 0 Å². The zero-order valence-electron chi connectivity index (χ0n) is 12.8. The molecule has 0 aromatic heterocycles. The Hall–Kier alpha value is -2.08. The first-order valence-corrected chi connectivity index (χ1v) is 7.03. The zero-order chi connectivity index (χ0) is 15.4. The first-order valence-electron chi connectivity index (χ1n) is 7.03. The van der Waals surface area contributed by atoms with Crippen molar-refractivity contribution >= 4 is 23.2 Å². The molecule has 1 aliphatic heterocycles. The Morgan fingerprint density at radius 2 is 1.62 bits per heavy atom. The number of carbonyl (C=O) groups is 2. The third-order valence-corrected chi connectivity index (χ3v) is 3.63. The molecular weight excluding hydrogens is 268 g/mol. The minimum Gasteiger partial charge on any atom is -0.378 e. The lowest BCUT2D eigenvalue weighted by atomic mass is 10.2. The number of hydrogen-bond acceptors (Lipinski definition) is 4. The number of amides is 2. The summed E-state index contributed by atoms with van der Waals surface area (Å²) in [5, 5.41) is 2.65. The lowest BCUT2D eigenvalue weighted by Gasteiger charge is -2.31. The molecule has 0 bridgehead atoms. The summed E-state index contributed by atoms with van der Waals surface area (Å²) in [5.74, 6) is -1.03. The average molecular weight is 290 g/mol. The van der Waals surface area contributed by atoms with Gasteiger partial charge in [0.1, 0.15) is 0 Å². The molecule has 2 rings (SSSR count). The fourth-order valence-corrected chi connectivity index (χ4v) is 2.18. The summed E-state index contributed by atoms with van der Waals surface area (Å²) in [6.45, 7) is 2.80. The molecule has 1 aliphatic rings. The maximum absolute atomic E-state index is 12.1. The van der Waals surface area contributed by atoms with E-state index in [2.05, 4.69) is 10.2 Å². The minimum absolute atomic E-state index is 0.459. The number of benzene rings is 1. The van der Waals surface area contributed by atoms with Gasteiger partial charge in [0, 0.05) is 51.6 Å². The van der Waals surface area contributed by atoms with Crippen LogP contribution in [0.25, 0.3) is 0 Å². The van der Waals surface area contributed by atoms with Crippen molar-refractivity contribution < 1.29 is 9.59 Å². The molecule has 2 amide bonds. The smallest absolute Gasteiger partial charge is 0.313 e. The highest BCUT2D eigenvalue weighted by Gasteiger charge is 2.24. The third kappa shape index (κ3) is 3.95. The lowest BCUT2D eigenvalue weighted by molar-refractivity contribution is -0.144. The van der Waals surface area contributed by atoms with Crippen LogP contribution in [0.15, 0.2) is 24.3 Å². The number of piperazine rings is 1. The summed E-state index contributed by atoms with van der Waals surface area (Å²) < 4.78 is 0. The fourth-order valence-electron chi connectivity index (χ4n) is 2.18. The summed E-state index contributed by atoms with van der Waals surface area (Å²) in [7, 11) is 5.91. The number of hydrogen-bond donors (Lipinski definition) is 1. The van der Waals surface area contributed by atoms with E-state index in [-0.39, 0.29) is 0 Å². The van der Waals surface area contributed by atoms with Crippen LogP contribution in [0.5, 0.6) is 0 Å². The van der Waals surface area contributed by atoms with Crippen LogP contribution in [0.3, 0.4) is 0 Å². The van der Waals surface area contributed by atoms with Gasteiger partial charge in [0.2, 0.25) is 0 Å². The number of rotatable bonds is 2. The number of nitrogens with one attached hydrogen (secondary N) is 1. The van der Waals surface area contributed by atoms with E-state index in [0.717, 1.165) is 18.8 Å². The van der Waals surface area contributed by atoms with Crippen LogP contribution in [0.4, 0.5) is 11.4 Å². The molecule has 1 aromatic rings. The van der Waals surface area contributed by atoms with Gasteiger partial charge in [0.25, 0.3) is 0 Å². The topological polar surface area (TPSA) is 55.9 Å². The SMILES string of the molecule is CN1CCN(C(=O)C(=O)Nc2ccc(N(C)C)cc2)CC1. The summed E-state index contributed by atoms with van der Waals surface area (Å²) in [6, 6.07) is 7.39. The van der Waals surface area contributed by atoms with Gasteiger partial charge < -0.3 is 20.0 Å². The molecule has 6 nitrogen and oxygen atoms in total. The molecule has 0 saturated carbocycles. The van der Waals surface area contributed by atoms with E-state index in [4.69, 9.17) is 0 Å². The molecule has 1 N–H and O–H groups in total. The van der Waals surface area contributed by atoms with Gasteiger partial charge in [-0.3, -0.25) is 9.59 Å². The summed E-state index contributed by atoms with van der Waals surface area (Å²) in [6.07, 6.45) is 0. The minimum atomic E-state index is -0.572. The number of anilines is 2. The van der Waals surface area contributed by atoms with Gasteiger partial charge in [-0.25, -0.2) is 0 Å². The highest BCUT2D eigenvalue weighted by Crippen LogP contribution is 2.15. The van der Waals surface area contributed by atoms with Crippen LogP contribution >= 0.6 is 0 Å². The summed E-state index contributed by atoms with van der Waals surface area (Å²) in [5.41, 5.74) is 1.67. The van der Waals surface area contributed by atoms with Gasteiger partial charge in [-0.05, 0) is 31.3 Å². The van der Waals surface area contributed by atoms with Crippen molar-refractivity contribution in [2.45, 2.75) is 0 Å². The Bertz CT molecular complexity index is 505. The van der Waals surface area contributed by atoms with Gasteiger partial charge in [0.05, 0.1) is 0 Å². The van der Waals surface area contributed by atoms with E-state index >= 15 is 0 Å². The zero-order valence-corrected chi connectivity index (χ0v) is 12.8. The number of carbonyl (C=O) groups excluding carboxylic acids is 2. The van der Waals surface area contributed by atoms with Crippen LogP contribution in [0.1, 0.15) is 0 Å². The Morgan fingerprint density at radius 1 is 1.05 bits per heavy atom. The summed E-state index contributed by atoms with van der Waals surface area (Å²) in [4.78, 5) is 29.8. The second kappa shape index (κ2) is 6.58. The third-order valence-electron chi connectivity index (χ3n) is 3.63. The first kappa shape index (κ1) is 15.3. The fraction of sp³-hybridized carbons (Fsp3) is 0.467. The van der Waals surface area contributed by atoms with Gasteiger partial charge in [-0.1, -0.05) is 0 Å². The normalized spacial score (nSPS) is 15.7. The monoisotopic (exact) mass is 290 g/mol. The molecule has 0 radical (unpaired) electrons. The van der Waals surface area contributed by atoms with Gasteiger partial charge >= 0.3 is 11.8 Å². The van der Waals surface area contributed by atoms with Crippen LogP contribution in [0.2, 0.25) is 0 Å². The van der Waals surface area contributed by atoms with E-state index in [9.17, 15) is 9.59 Å². The highest BCUT2D eigenvalue weighted by molar-refractivity contribution is 6.39. The predicted molar refractivity (Wildman–Crippen MR) is 83.5 cm³/mol. The van der Waals surface area contributed by atoms with Crippen molar-refractivity contribution in [3.05, 3.63) is 24.3 Å². The van der Waals surface area contributed by atoms with E-state index in [1.165, 1.54) is 0 Å². The molecule has 1 aromatic carbocycles. The molecule has 1 heterocycles. The predicted octanol–water partition coefficient (Wildman–Crippen LogP) is 0.465. The van der Waals surface area contributed by atoms with Gasteiger partial charge in [-0.15, -0.1) is 0 Å². The van der Waals surface area contributed by atoms with E-state index in [1.807, 2.05) is 38.2 Å². The molecule has 1 saturated heterocycles. The molecule has 6 heteroatoms. The van der Waals surface area contributed by atoms with E-state index < -0.39 is 11.8 Å². The molecule has 0 atom stereocenters. The van der Waals surface area contributed by atoms with Crippen LogP contribution < -0.4 is 10.2 Å². The highest BCUT2D eigenvalue weighted by atomic mass is 16.2. The van der Waals surface area contributed by atoms with Crippen molar-refractivity contribution in [1.29, 1.82) is 0 Å². The van der Waals surface area contributed by atoms with Crippen LogP contribution in [-0.4, -0.2) is 68.9 Å². The lowest BCUT2D eigenvalue weighted by Crippen LogP contribution is -2.50. The second-order valence-electron chi connectivity index (χ2n) is 5.49. The molecule has 1 fully saturated rings.